The Balaban J connectivity index is 1.46. The van der Waals surface area contributed by atoms with Crippen molar-refractivity contribution in [1.29, 1.82) is 0 Å². The van der Waals surface area contributed by atoms with Gasteiger partial charge in [0.2, 0.25) is 11.8 Å². The number of halogens is 2. The van der Waals surface area contributed by atoms with Crippen LogP contribution in [0, 0.1) is 11.8 Å². The van der Waals surface area contributed by atoms with Crippen molar-refractivity contribution in [2.45, 2.75) is 38.3 Å². The number of rotatable bonds is 3. The third-order valence-electron chi connectivity index (χ3n) is 5.23. The number of hydrogen-bond acceptors (Lipinski definition) is 3. The van der Waals surface area contributed by atoms with Gasteiger partial charge in [0, 0.05) is 18.7 Å². The predicted octanol–water partition coefficient (Wildman–Crippen LogP) is 1.29. The maximum Gasteiger partial charge on any atom is 0.282 e. The van der Waals surface area contributed by atoms with E-state index in [-0.39, 0.29) is 30.2 Å². The first kappa shape index (κ1) is 15.5. The minimum atomic E-state index is -2.76. The molecule has 6 nitrogen and oxygen atoms in total. The molecule has 0 bridgehead atoms. The minimum Gasteiger partial charge on any atom is -0.334 e. The van der Waals surface area contributed by atoms with E-state index in [0.29, 0.717) is 19.0 Å². The zero-order valence-electron chi connectivity index (χ0n) is 13.5. The summed E-state index contributed by atoms with van der Waals surface area (Å²) in [5.74, 6) is -2.43. The van der Waals surface area contributed by atoms with Crippen LogP contribution in [0.4, 0.5) is 8.78 Å². The van der Waals surface area contributed by atoms with E-state index in [1.54, 1.807) is 15.8 Å². The van der Waals surface area contributed by atoms with Crippen molar-refractivity contribution in [3.8, 4) is 0 Å². The van der Waals surface area contributed by atoms with Gasteiger partial charge in [0.1, 0.15) is 0 Å². The maximum atomic E-state index is 13.0. The lowest BCUT2D eigenvalue weighted by Gasteiger charge is -2.40. The summed E-state index contributed by atoms with van der Waals surface area (Å²) in [6.45, 7) is 1.95. The van der Waals surface area contributed by atoms with Gasteiger partial charge in [-0.25, -0.2) is 8.78 Å². The van der Waals surface area contributed by atoms with E-state index < -0.39 is 19.0 Å². The van der Waals surface area contributed by atoms with Gasteiger partial charge >= 0.3 is 0 Å². The zero-order chi connectivity index (χ0) is 17.1. The molecule has 2 fully saturated rings. The third kappa shape index (κ3) is 2.67. The molecule has 1 aromatic heterocycles. The summed E-state index contributed by atoms with van der Waals surface area (Å²) >= 11 is 0. The number of amides is 2. The van der Waals surface area contributed by atoms with Crippen LogP contribution >= 0.6 is 0 Å². The van der Waals surface area contributed by atoms with Crippen molar-refractivity contribution >= 4 is 11.8 Å². The zero-order valence-corrected chi connectivity index (χ0v) is 13.5. The van der Waals surface area contributed by atoms with E-state index in [1.165, 1.54) is 4.90 Å². The van der Waals surface area contributed by atoms with Crippen LogP contribution in [0.1, 0.15) is 31.5 Å². The van der Waals surface area contributed by atoms with Gasteiger partial charge in [0.05, 0.1) is 37.8 Å². The third-order valence-corrected chi connectivity index (χ3v) is 5.23. The molecule has 2 amide bonds. The number of hydrogen-bond donors (Lipinski definition) is 0. The summed E-state index contributed by atoms with van der Waals surface area (Å²) in [6, 6.07) is 1.55. The second kappa shape index (κ2) is 5.26. The van der Waals surface area contributed by atoms with Gasteiger partial charge in [-0.1, -0.05) is 6.92 Å². The largest absolute Gasteiger partial charge is 0.334 e. The molecule has 130 valence electrons. The number of nitrogens with zero attached hydrogens (tertiary/aromatic N) is 4. The molecular weight excluding hydrogens is 318 g/mol. The smallest absolute Gasteiger partial charge is 0.282 e. The van der Waals surface area contributed by atoms with Crippen LogP contribution in [-0.4, -0.2) is 57.0 Å². The number of carbonyl (C=O) groups is 2. The fraction of sp³-hybridized carbons (Fsp3) is 0.688. The molecule has 0 N–H and O–H groups in total. The summed E-state index contributed by atoms with van der Waals surface area (Å²) < 4.78 is 27.7. The Labute approximate surface area is 138 Å². The van der Waals surface area contributed by atoms with Crippen LogP contribution in [0.15, 0.2) is 12.3 Å². The second-order valence-corrected chi connectivity index (χ2v) is 7.27. The first-order valence-corrected chi connectivity index (χ1v) is 8.31. The van der Waals surface area contributed by atoms with Gasteiger partial charge in [0.25, 0.3) is 5.92 Å². The molecule has 3 atom stereocenters. The second-order valence-electron chi connectivity index (χ2n) is 7.27. The summed E-state index contributed by atoms with van der Waals surface area (Å²) in [7, 11) is 0. The van der Waals surface area contributed by atoms with Crippen LogP contribution in [0.3, 0.4) is 0 Å². The fourth-order valence-electron chi connectivity index (χ4n) is 3.63. The Kier molecular flexibility index (Phi) is 3.40. The Morgan fingerprint density at radius 2 is 2.04 bits per heavy atom. The van der Waals surface area contributed by atoms with Crippen LogP contribution in [0.25, 0.3) is 0 Å². The first-order valence-electron chi connectivity index (χ1n) is 8.31. The van der Waals surface area contributed by atoms with Crippen LogP contribution in [0.2, 0.25) is 0 Å². The van der Waals surface area contributed by atoms with Crippen molar-refractivity contribution in [2.75, 3.05) is 19.6 Å². The molecule has 8 heteroatoms. The lowest BCUT2D eigenvalue weighted by atomic mass is 10.1. The van der Waals surface area contributed by atoms with E-state index in [9.17, 15) is 18.4 Å². The minimum absolute atomic E-state index is 0.0879. The van der Waals surface area contributed by atoms with E-state index >= 15 is 0 Å². The molecule has 3 aliphatic rings. The number of alkyl halides is 2. The summed E-state index contributed by atoms with van der Waals surface area (Å²) in [5, 5.41) is 4.25. The highest BCUT2D eigenvalue weighted by molar-refractivity contribution is 5.82. The summed E-state index contributed by atoms with van der Waals surface area (Å²) in [5.41, 5.74) is 0.884. The number of likely N-dealkylation sites (tertiary alicyclic amines) is 1. The Morgan fingerprint density at radius 3 is 2.67 bits per heavy atom. The number of fused-ring (bicyclic) bond motifs is 1. The normalized spacial score (nSPS) is 30.5. The highest BCUT2D eigenvalue weighted by Crippen LogP contribution is 2.40. The lowest BCUT2D eigenvalue weighted by Crippen LogP contribution is -2.59. The monoisotopic (exact) mass is 338 g/mol. The van der Waals surface area contributed by atoms with Gasteiger partial charge in [0.15, 0.2) is 0 Å². The Hall–Kier alpha value is -1.99. The van der Waals surface area contributed by atoms with Crippen molar-refractivity contribution in [3.63, 3.8) is 0 Å². The van der Waals surface area contributed by atoms with E-state index in [0.717, 1.165) is 12.1 Å². The lowest BCUT2D eigenvalue weighted by molar-refractivity contribution is -0.166. The molecule has 1 aromatic rings. The first-order chi connectivity index (χ1) is 11.3. The van der Waals surface area contributed by atoms with E-state index in [4.69, 9.17) is 0 Å². The summed E-state index contributed by atoms with van der Waals surface area (Å²) in [4.78, 5) is 27.7. The van der Waals surface area contributed by atoms with Gasteiger partial charge in [-0.15, -0.1) is 0 Å². The van der Waals surface area contributed by atoms with E-state index in [1.807, 2.05) is 6.07 Å². The molecule has 0 unspecified atom stereocenters. The molecule has 1 saturated heterocycles. The number of aromatic nitrogens is 2. The van der Waals surface area contributed by atoms with Crippen molar-refractivity contribution in [3.05, 3.63) is 18.0 Å². The number of carbonyl (C=O) groups excluding carboxylic acids is 2. The molecule has 1 aliphatic carbocycles. The standard InChI is InChI=1S/C16H20F2N4O2/c1-10-4-13(10)15(24)20-6-11-2-3-19-22(11)12(7-20)5-14(23)21-8-16(17,18)9-21/h2-3,10,12-13H,4-9H2,1H3/t10-,12+,13-/m1/s1. The quantitative estimate of drug-likeness (QED) is 0.834. The highest BCUT2D eigenvalue weighted by atomic mass is 19.3. The fourth-order valence-corrected chi connectivity index (χ4v) is 3.63. The van der Waals surface area contributed by atoms with E-state index in [2.05, 4.69) is 12.0 Å². The van der Waals surface area contributed by atoms with Crippen LogP contribution in [-0.2, 0) is 16.1 Å². The summed E-state index contributed by atoms with van der Waals surface area (Å²) in [6.07, 6.45) is 2.66. The molecular formula is C16H20F2N4O2. The molecule has 0 aromatic carbocycles. The average molecular weight is 338 g/mol. The molecule has 1 saturated carbocycles. The molecule has 2 aliphatic heterocycles. The van der Waals surface area contributed by atoms with Gasteiger partial charge in [-0.2, -0.15) is 5.10 Å². The van der Waals surface area contributed by atoms with Gasteiger partial charge in [-0.05, 0) is 18.4 Å². The van der Waals surface area contributed by atoms with Crippen LogP contribution < -0.4 is 0 Å². The molecule has 3 heterocycles. The molecule has 0 spiro atoms. The maximum absolute atomic E-state index is 13.0. The van der Waals surface area contributed by atoms with Crippen molar-refractivity contribution in [2.24, 2.45) is 11.8 Å². The Morgan fingerprint density at radius 1 is 1.33 bits per heavy atom. The molecule has 4 rings (SSSR count). The van der Waals surface area contributed by atoms with Gasteiger partial charge in [-0.3, -0.25) is 14.3 Å². The molecule has 24 heavy (non-hydrogen) atoms. The molecule has 0 radical (unpaired) electrons. The topological polar surface area (TPSA) is 58.4 Å². The van der Waals surface area contributed by atoms with Crippen molar-refractivity contribution < 1.29 is 18.4 Å². The van der Waals surface area contributed by atoms with Crippen molar-refractivity contribution in [1.82, 2.24) is 19.6 Å². The highest BCUT2D eigenvalue weighted by Gasteiger charge is 2.47. The van der Waals surface area contributed by atoms with Gasteiger partial charge < -0.3 is 9.80 Å². The Bertz CT molecular complexity index is 681. The average Bonchev–Trinajstić information content (AvgIpc) is 3.03. The SMILES string of the molecule is C[C@@H]1C[C@H]1C(=O)N1Cc2ccnn2[C@@H](CC(=O)N2CC(F)(F)C2)C1. The van der Waals surface area contributed by atoms with Crippen LogP contribution in [0.5, 0.6) is 0 Å². The predicted molar refractivity (Wildman–Crippen MR) is 80.1 cm³/mol.